The highest BCUT2D eigenvalue weighted by Gasteiger charge is 2.22. The average molecular weight is 263 g/mol. The van der Waals surface area contributed by atoms with Crippen molar-refractivity contribution in [3.05, 3.63) is 0 Å². The van der Waals surface area contributed by atoms with E-state index in [1.807, 2.05) is 5.32 Å². The number of esters is 1. The third-order valence-corrected chi connectivity index (χ3v) is 1.80. The fourth-order valence-corrected chi connectivity index (χ4v) is 0.836. The Morgan fingerprint density at radius 3 is 2.11 bits per heavy atom. The molecule has 104 valence electrons. The van der Waals surface area contributed by atoms with Crippen molar-refractivity contribution in [3.8, 4) is 0 Å². The van der Waals surface area contributed by atoms with E-state index in [-0.39, 0.29) is 5.92 Å². The van der Waals surface area contributed by atoms with E-state index in [0.717, 1.165) is 0 Å². The number of rotatable bonds is 6. The van der Waals surface area contributed by atoms with Crippen molar-refractivity contribution in [2.24, 2.45) is 5.92 Å². The predicted octanol–water partition coefficient (Wildman–Crippen LogP) is -0.297. The summed E-state index contributed by atoms with van der Waals surface area (Å²) in [5.41, 5.74) is 0. The van der Waals surface area contributed by atoms with Gasteiger partial charge < -0.3 is 25.0 Å². The second-order valence-corrected chi connectivity index (χ2v) is 3.78. The first-order valence-electron chi connectivity index (χ1n) is 5.29. The number of alkyl carbamates (subject to hydrolysis) is 1. The molecule has 2 atom stereocenters. The molecule has 0 aromatic rings. The zero-order chi connectivity index (χ0) is 14.3. The van der Waals surface area contributed by atoms with Gasteiger partial charge in [0.1, 0.15) is 0 Å². The lowest BCUT2D eigenvalue weighted by Crippen LogP contribution is -2.44. The fourth-order valence-electron chi connectivity index (χ4n) is 0.836. The third kappa shape index (κ3) is 6.04. The molecule has 0 spiro atoms. The SMILES string of the molecule is CC(OC(=O)N[C@H](CO)C(=O)O)OC(=O)C(C)C. The Bertz CT molecular complexity index is 315. The van der Waals surface area contributed by atoms with Crippen molar-refractivity contribution >= 4 is 18.0 Å². The maximum atomic E-state index is 11.2. The highest BCUT2D eigenvalue weighted by atomic mass is 16.7. The van der Waals surface area contributed by atoms with Gasteiger partial charge in [0.15, 0.2) is 6.04 Å². The van der Waals surface area contributed by atoms with Gasteiger partial charge in [-0.15, -0.1) is 0 Å². The van der Waals surface area contributed by atoms with Gasteiger partial charge >= 0.3 is 18.0 Å². The van der Waals surface area contributed by atoms with Crippen LogP contribution in [0.2, 0.25) is 0 Å². The van der Waals surface area contributed by atoms with E-state index in [4.69, 9.17) is 14.9 Å². The van der Waals surface area contributed by atoms with Crippen LogP contribution >= 0.6 is 0 Å². The molecule has 0 aliphatic rings. The van der Waals surface area contributed by atoms with E-state index in [1.165, 1.54) is 6.92 Å². The van der Waals surface area contributed by atoms with Crippen LogP contribution in [0.15, 0.2) is 0 Å². The molecule has 8 heteroatoms. The van der Waals surface area contributed by atoms with Gasteiger partial charge in [0, 0.05) is 6.92 Å². The van der Waals surface area contributed by atoms with E-state index in [0.29, 0.717) is 0 Å². The summed E-state index contributed by atoms with van der Waals surface area (Å²) in [6.45, 7) is 3.77. The summed E-state index contributed by atoms with van der Waals surface area (Å²) >= 11 is 0. The molecule has 0 rings (SSSR count). The van der Waals surface area contributed by atoms with Crippen molar-refractivity contribution < 1.29 is 34.1 Å². The standard InChI is InChI=1S/C10H17NO7/c1-5(2)9(15)17-6(3)18-10(16)11-7(4-12)8(13)14/h5-7,12H,4H2,1-3H3,(H,11,16)(H,13,14)/t6?,7-/m1/s1. The highest BCUT2D eigenvalue weighted by molar-refractivity contribution is 5.80. The topological polar surface area (TPSA) is 122 Å². The van der Waals surface area contributed by atoms with Gasteiger partial charge in [-0.05, 0) is 0 Å². The van der Waals surface area contributed by atoms with Crippen LogP contribution in [-0.2, 0) is 19.1 Å². The van der Waals surface area contributed by atoms with Crippen LogP contribution in [0.1, 0.15) is 20.8 Å². The smallest absolute Gasteiger partial charge is 0.411 e. The van der Waals surface area contributed by atoms with Crippen molar-refractivity contribution in [1.82, 2.24) is 5.32 Å². The number of hydrogen-bond donors (Lipinski definition) is 3. The first-order chi connectivity index (χ1) is 8.27. The number of carbonyl (C=O) groups excluding carboxylic acids is 2. The molecule has 8 nitrogen and oxygen atoms in total. The van der Waals surface area contributed by atoms with Crippen LogP contribution in [-0.4, -0.2) is 47.2 Å². The molecule has 0 bridgehead atoms. The van der Waals surface area contributed by atoms with E-state index in [2.05, 4.69) is 4.74 Å². The Kier molecular flexibility index (Phi) is 6.73. The molecule has 0 aliphatic carbocycles. The van der Waals surface area contributed by atoms with E-state index >= 15 is 0 Å². The van der Waals surface area contributed by atoms with Crippen LogP contribution in [0, 0.1) is 5.92 Å². The number of nitrogens with one attached hydrogen (secondary N) is 1. The minimum atomic E-state index is -1.47. The lowest BCUT2D eigenvalue weighted by Gasteiger charge is -2.17. The first kappa shape index (κ1) is 16.2. The molecule has 18 heavy (non-hydrogen) atoms. The second kappa shape index (κ2) is 7.49. The first-order valence-corrected chi connectivity index (χ1v) is 5.29. The van der Waals surface area contributed by atoms with Gasteiger partial charge in [0.05, 0.1) is 12.5 Å². The lowest BCUT2D eigenvalue weighted by atomic mass is 10.2. The molecule has 0 heterocycles. The third-order valence-electron chi connectivity index (χ3n) is 1.80. The van der Waals surface area contributed by atoms with Gasteiger partial charge in [-0.2, -0.15) is 0 Å². The molecule has 0 radical (unpaired) electrons. The number of carbonyl (C=O) groups is 3. The quantitative estimate of drug-likeness (QED) is 0.444. The largest absolute Gasteiger partial charge is 0.480 e. The maximum Gasteiger partial charge on any atom is 0.411 e. The summed E-state index contributed by atoms with van der Waals surface area (Å²) in [5.74, 6) is -2.32. The van der Waals surface area contributed by atoms with Crippen LogP contribution in [0.25, 0.3) is 0 Å². The fraction of sp³-hybridized carbons (Fsp3) is 0.700. The number of hydrogen-bond acceptors (Lipinski definition) is 6. The Morgan fingerprint density at radius 2 is 1.72 bits per heavy atom. The number of carboxylic acid groups (broad SMARTS) is 1. The van der Waals surface area contributed by atoms with Crippen LogP contribution in [0.3, 0.4) is 0 Å². The van der Waals surface area contributed by atoms with E-state index in [9.17, 15) is 14.4 Å². The molecule has 0 saturated heterocycles. The summed E-state index contributed by atoms with van der Waals surface area (Å²) in [6, 6.07) is -1.47. The van der Waals surface area contributed by atoms with Crippen LogP contribution in [0.5, 0.6) is 0 Å². The van der Waals surface area contributed by atoms with Crippen LogP contribution < -0.4 is 5.32 Å². The van der Waals surface area contributed by atoms with Crippen LogP contribution in [0.4, 0.5) is 4.79 Å². The van der Waals surface area contributed by atoms with Gasteiger partial charge in [-0.1, -0.05) is 13.8 Å². The molecular weight excluding hydrogens is 246 g/mol. The van der Waals surface area contributed by atoms with Gasteiger partial charge in [-0.3, -0.25) is 4.79 Å². The molecule has 0 aromatic carbocycles. The molecule has 0 aliphatic heterocycles. The van der Waals surface area contributed by atoms with Gasteiger partial charge in [-0.25, -0.2) is 9.59 Å². The predicted molar refractivity (Wildman–Crippen MR) is 58.5 cm³/mol. The van der Waals surface area contributed by atoms with Gasteiger partial charge in [0.25, 0.3) is 0 Å². The summed E-state index contributed by atoms with van der Waals surface area (Å²) in [4.78, 5) is 32.8. The van der Waals surface area contributed by atoms with Crippen molar-refractivity contribution in [1.29, 1.82) is 0 Å². The molecule has 0 fully saturated rings. The Labute approximate surface area is 104 Å². The Balaban J connectivity index is 4.15. The molecule has 0 saturated carbocycles. The zero-order valence-corrected chi connectivity index (χ0v) is 10.4. The summed E-state index contributed by atoms with van der Waals surface area (Å²) in [5, 5.41) is 19.1. The van der Waals surface area contributed by atoms with E-state index in [1.54, 1.807) is 13.8 Å². The Hall–Kier alpha value is -1.83. The number of carboxylic acids is 1. The lowest BCUT2D eigenvalue weighted by molar-refractivity contribution is -0.169. The average Bonchev–Trinajstić information content (AvgIpc) is 2.24. The van der Waals surface area contributed by atoms with Gasteiger partial charge in [0.2, 0.25) is 6.29 Å². The van der Waals surface area contributed by atoms with Crippen molar-refractivity contribution in [2.75, 3.05) is 6.61 Å². The monoisotopic (exact) mass is 263 g/mol. The van der Waals surface area contributed by atoms with Crippen molar-refractivity contribution in [2.45, 2.75) is 33.1 Å². The minimum absolute atomic E-state index is 0.372. The molecule has 0 aromatic heterocycles. The molecular formula is C10H17NO7. The highest BCUT2D eigenvalue weighted by Crippen LogP contribution is 2.02. The summed E-state index contributed by atoms with van der Waals surface area (Å²) in [7, 11) is 0. The number of aliphatic carboxylic acids is 1. The molecule has 3 N–H and O–H groups in total. The number of amides is 1. The molecule has 1 amide bonds. The summed E-state index contributed by atoms with van der Waals surface area (Å²) < 4.78 is 9.31. The maximum absolute atomic E-state index is 11.2. The zero-order valence-electron chi connectivity index (χ0n) is 10.4. The second-order valence-electron chi connectivity index (χ2n) is 3.78. The number of ether oxygens (including phenoxy) is 2. The Morgan fingerprint density at radius 1 is 1.17 bits per heavy atom. The number of aliphatic hydroxyl groups excluding tert-OH is 1. The van der Waals surface area contributed by atoms with Crippen molar-refractivity contribution in [3.63, 3.8) is 0 Å². The van der Waals surface area contributed by atoms with E-state index < -0.39 is 37.0 Å². The summed E-state index contributed by atoms with van der Waals surface area (Å²) in [6.07, 6.45) is -2.24. The number of aliphatic hydroxyl groups is 1. The minimum Gasteiger partial charge on any atom is -0.480 e. The normalized spacial score (nSPS) is 13.6. The molecule has 1 unspecified atom stereocenters.